The van der Waals surface area contributed by atoms with Gasteiger partial charge in [-0.1, -0.05) is 32.9 Å². The lowest BCUT2D eigenvalue weighted by atomic mass is 9.95. The van der Waals surface area contributed by atoms with Crippen LogP contribution in [0.2, 0.25) is 0 Å². The van der Waals surface area contributed by atoms with Crippen molar-refractivity contribution in [3.05, 3.63) is 41.0 Å². The van der Waals surface area contributed by atoms with Crippen LogP contribution in [-0.2, 0) is 5.41 Å². The van der Waals surface area contributed by atoms with Crippen LogP contribution in [0.15, 0.2) is 18.2 Å². The third-order valence-corrected chi connectivity index (χ3v) is 3.17. The van der Waals surface area contributed by atoms with Gasteiger partial charge in [0.15, 0.2) is 11.6 Å². The van der Waals surface area contributed by atoms with Crippen LogP contribution < -0.4 is 10.5 Å². The molecule has 0 amide bonds. The summed E-state index contributed by atoms with van der Waals surface area (Å²) in [6.07, 6.45) is 0. The quantitative estimate of drug-likeness (QED) is 0.910. The van der Waals surface area contributed by atoms with Crippen molar-refractivity contribution in [2.45, 2.75) is 40.0 Å². The average Bonchev–Trinajstić information content (AvgIpc) is 2.38. The molecule has 0 aliphatic carbocycles. The summed E-state index contributed by atoms with van der Waals surface area (Å²) < 4.78 is 19.7. The fourth-order valence-electron chi connectivity index (χ4n) is 1.75. The molecular weight excluding hydrogens is 269 g/mol. The fraction of sp³-hybridized carbons (Fsp3) is 0.375. The molecule has 112 valence electrons. The zero-order chi connectivity index (χ0) is 15.8. The number of nitrogen functional groups attached to an aromatic ring is 1. The third kappa shape index (κ3) is 3.12. The monoisotopic (exact) mass is 289 g/mol. The first-order valence-electron chi connectivity index (χ1n) is 6.77. The number of ether oxygens (including phenoxy) is 1. The molecule has 0 saturated carbocycles. The molecule has 0 aliphatic rings. The summed E-state index contributed by atoms with van der Waals surface area (Å²) in [7, 11) is 0. The summed E-state index contributed by atoms with van der Waals surface area (Å²) in [4.78, 5) is 8.67. The first kappa shape index (κ1) is 15.2. The Morgan fingerprint density at radius 3 is 2.43 bits per heavy atom. The Balaban J connectivity index is 2.49. The number of nitrogens with two attached hydrogens (primary N) is 1. The van der Waals surface area contributed by atoms with E-state index in [2.05, 4.69) is 9.97 Å². The summed E-state index contributed by atoms with van der Waals surface area (Å²) in [5, 5.41) is 0. The van der Waals surface area contributed by atoms with Crippen LogP contribution >= 0.6 is 0 Å². The lowest BCUT2D eigenvalue weighted by Gasteiger charge is -2.19. The van der Waals surface area contributed by atoms with Gasteiger partial charge in [0.2, 0.25) is 5.88 Å². The zero-order valence-electron chi connectivity index (χ0n) is 13.0. The van der Waals surface area contributed by atoms with E-state index in [1.165, 1.54) is 0 Å². The maximum Gasteiger partial charge on any atom is 0.227 e. The van der Waals surface area contributed by atoms with Gasteiger partial charge < -0.3 is 10.5 Å². The van der Waals surface area contributed by atoms with Gasteiger partial charge in [-0.05, 0) is 25.5 Å². The van der Waals surface area contributed by atoms with E-state index in [4.69, 9.17) is 10.5 Å². The van der Waals surface area contributed by atoms with Gasteiger partial charge in [0.25, 0.3) is 0 Å². The molecule has 2 rings (SSSR count). The van der Waals surface area contributed by atoms with Gasteiger partial charge in [0.1, 0.15) is 11.6 Å². The van der Waals surface area contributed by atoms with E-state index < -0.39 is 5.82 Å². The number of hydrogen-bond acceptors (Lipinski definition) is 4. The van der Waals surface area contributed by atoms with Crippen LogP contribution in [0.25, 0.3) is 0 Å². The lowest BCUT2D eigenvalue weighted by Crippen LogP contribution is -2.18. The molecule has 1 aromatic heterocycles. The molecule has 0 atom stereocenters. The molecular formula is C16H20FN3O. The molecule has 2 aromatic rings. The normalized spacial score (nSPS) is 11.5. The van der Waals surface area contributed by atoms with Crippen LogP contribution in [0.3, 0.4) is 0 Å². The van der Waals surface area contributed by atoms with Crippen LogP contribution in [0.5, 0.6) is 11.6 Å². The number of aromatic nitrogens is 2. The van der Waals surface area contributed by atoms with E-state index in [1.54, 1.807) is 32.0 Å². The highest BCUT2D eigenvalue weighted by Gasteiger charge is 2.21. The number of halogens is 1. The minimum absolute atomic E-state index is 0.135. The molecule has 0 bridgehead atoms. The van der Waals surface area contributed by atoms with Crippen LogP contribution in [0.1, 0.15) is 37.7 Å². The van der Waals surface area contributed by atoms with Gasteiger partial charge in [-0.25, -0.2) is 9.37 Å². The summed E-state index contributed by atoms with van der Waals surface area (Å²) in [6.45, 7) is 9.38. The first-order chi connectivity index (χ1) is 9.70. The van der Waals surface area contributed by atoms with Crippen molar-refractivity contribution < 1.29 is 9.13 Å². The molecule has 0 saturated heterocycles. The van der Waals surface area contributed by atoms with E-state index in [1.807, 2.05) is 20.8 Å². The molecule has 4 nitrogen and oxygen atoms in total. The minimum atomic E-state index is -0.397. The largest absolute Gasteiger partial charge is 0.435 e. The summed E-state index contributed by atoms with van der Waals surface area (Å²) >= 11 is 0. The summed E-state index contributed by atoms with van der Waals surface area (Å²) in [6, 6.07) is 4.99. The third-order valence-electron chi connectivity index (χ3n) is 3.17. The van der Waals surface area contributed by atoms with Gasteiger partial charge in [-0.3, -0.25) is 0 Å². The molecule has 2 N–H and O–H groups in total. The number of benzene rings is 1. The molecule has 0 aliphatic heterocycles. The second-order valence-electron chi connectivity index (χ2n) is 6.10. The van der Waals surface area contributed by atoms with Gasteiger partial charge in [0, 0.05) is 5.41 Å². The van der Waals surface area contributed by atoms with Crippen molar-refractivity contribution in [1.82, 2.24) is 9.97 Å². The Morgan fingerprint density at radius 2 is 1.81 bits per heavy atom. The standard InChI is InChI=1S/C16H20FN3O/c1-9-7-6-8-11(12(9)17)21-14-10(2)13(18)19-15(20-14)16(3,4)5/h6-8H,1-5H3,(H2,18,19,20). The zero-order valence-corrected chi connectivity index (χ0v) is 13.0. The highest BCUT2D eigenvalue weighted by Crippen LogP contribution is 2.31. The van der Waals surface area contributed by atoms with Crippen molar-refractivity contribution in [1.29, 1.82) is 0 Å². The Bertz CT molecular complexity index is 678. The minimum Gasteiger partial charge on any atom is -0.435 e. The second-order valence-corrected chi connectivity index (χ2v) is 6.10. The molecule has 0 unspecified atom stereocenters. The van der Waals surface area contributed by atoms with E-state index in [0.29, 0.717) is 22.8 Å². The molecule has 0 fully saturated rings. The molecule has 0 spiro atoms. The van der Waals surface area contributed by atoms with E-state index in [-0.39, 0.29) is 17.0 Å². The van der Waals surface area contributed by atoms with E-state index in [0.717, 1.165) is 0 Å². The smallest absolute Gasteiger partial charge is 0.227 e. The van der Waals surface area contributed by atoms with Crippen molar-refractivity contribution in [2.75, 3.05) is 5.73 Å². The number of aryl methyl sites for hydroxylation is 1. The Morgan fingerprint density at radius 1 is 1.14 bits per heavy atom. The van der Waals surface area contributed by atoms with E-state index in [9.17, 15) is 4.39 Å². The molecule has 21 heavy (non-hydrogen) atoms. The second kappa shape index (κ2) is 5.31. The van der Waals surface area contributed by atoms with Crippen molar-refractivity contribution >= 4 is 5.82 Å². The van der Waals surface area contributed by atoms with Gasteiger partial charge in [0.05, 0.1) is 5.56 Å². The maximum atomic E-state index is 14.1. The lowest BCUT2D eigenvalue weighted by molar-refractivity contribution is 0.413. The number of hydrogen-bond donors (Lipinski definition) is 1. The fourth-order valence-corrected chi connectivity index (χ4v) is 1.75. The maximum absolute atomic E-state index is 14.1. The number of rotatable bonds is 2. The van der Waals surface area contributed by atoms with Gasteiger partial charge >= 0.3 is 0 Å². The summed E-state index contributed by atoms with van der Waals surface area (Å²) in [5.41, 5.74) is 6.76. The Kier molecular flexibility index (Phi) is 3.85. The first-order valence-corrected chi connectivity index (χ1v) is 6.77. The predicted molar refractivity (Wildman–Crippen MR) is 81.1 cm³/mol. The van der Waals surface area contributed by atoms with Crippen LogP contribution in [0.4, 0.5) is 10.2 Å². The van der Waals surface area contributed by atoms with Crippen LogP contribution in [0, 0.1) is 19.7 Å². The number of anilines is 1. The highest BCUT2D eigenvalue weighted by molar-refractivity contribution is 5.47. The Labute approximate surface area is 124 Å². The Hall–Kier alpha value is -2.17. The van der Waals surface area contributed by atoms with Crippen molar-refractivity contribution in [2.24, 2.45) is 0 Å². The van der Waals surface area contributed by atoms with Crippen molar-refractivity contribution in [3.63, 3.8) is 0 Å². The van der Waals surface area contributed by atoms with Crippen LogP contribution in [-0.4, -0.2) is 9.97 Å². The van der Waals surface area contributed by atoms with Gasteiger partial charge in [-0.2, -0.15) is 4.98 Å². The molecule has 1 aromatic carbocycles. The SMILES string of the molecule is Cc1cccc(Oc2nc(C(C)(C)C)nc(N)c2C)c1F. The highest BCUT2D eigenvalue weighted by atomic mass is 19.1. The average molecular weight is 289 g/mol. The number of nitrogens with zero attached hydrogens (tertiary/aromatic N) is 2. The molecule has 0 radical (unpaired) electrons. The van der Waals surface area contributed by atoms with Crippen molar-refractivity contribution in [3.8, 4) is 11.6 Å². The predicted octanol–water partition coefficient (Wildman–Crippen LogP) is 3.90. The molecule has 5 heteroatoms. The van der Waals surface area contributed by atoms with E-state index >= 15 is 0 Å². The molecule has 1 heterocycles. The van der Waals surface area contributed by atoms with Gasteiger partial charge in [-0.15, -0.1) is 0 Å². The topological polar surface area (TPSA) is 61.0 Å². The summed E-state index contributed by atoms with van der Waals surface area (Å²) in [5.74, 6) is 0.936.